The molecule has 5 nitrogen and oxygen atoms in total. The maximum Gasteiger partial charge on any atom is 0.254 e. The van der Waals surface area contributed by atoms with Gasteiger partial charge in [-0.15, -0.1) is 0 Å². The van der Waals surface area contributed by atoms with Crippen LogP contribution in [-0.4, -0.2) is 32.6 Å². The number of amides is 1. The van der Waals surface area contributed by atoms with E-state index < -0.39 is 0 Å². The topological polar surface area (TPSA) is 51.0 Å². The largest absolute Gasteiger partial charge is 0.337 e. The van der Waals surface area contributed by atoms with Gasteiger partial charge in [0.05, 0.1) is 6.20 Å². The molecule has 0 atom stereocenters. The van der Waals surface area contributed by atoms with Gasteiger partial charge in [-0.05, 0) is 12.1 Å². The Morgan fingerprint density at radius 2 is 2.12 bits per heavy atom. The fourth-order valence-corrected chi connectivity index (χ4v) is 1.61. The van der Waals surface area contributed by atoms with Crippen molar-refractivity contribution >= 4 is 5.91 Å². The molecule has 0 aliphatic carbocycles. The Labute approximate surface area is 99.7 Å². The van der Waals surface area contributed by atoms with Crippen molar-refractivity contribution in [3.05, 3.63) is 48.0 Å². The van der Waals surface area contributed by atoms with Crippen molar-refractivity contribution in [3.8, 4) is 0 Å². The van der Waals surface area contributed by atoms with Gasteiger partial charge in [-0.1, -0.05) is 0 Å². The lowest BCUT2D eigenvalue weighted by Gasteiger charge is -2.15. The molecular formula is C12H14N4O. The van der Waals surface area contributed by atoms with Crippen molar-refractivity contribution in [2.45, 2.75) is 6.54 Å². The molecular weight excluding hydrogens is 216 g/mol. The summed E-state index contributed by atoms with van der Waals surface area (Å²) in [5, 5.41) is 4.07. The number of carbonyl (C=O) groups excluding carboxylic acids is 1. The zero-order valence-corrected chi connectivity index (χ0v) is 9.87. The van der Waals surface area contributed by atoms with Crippen molar-refractivity contribution < 1.29 is 4.79 Å². The minimum absolute atomic E-state index is 0.0174. The maximum absolute atomic E-state index is 12.0. The average Bonchev–Trinajstić information content (AvgIpc) is 2.75. The van der Waals surface area contributed by atoms with Crippen molar-refractivity contribution in [3.63, 3.8) is 0 Å². The predicted octanol–water partition coefficient (Wildman–Crippen LogP) is 1.09. The second kappa shape index (κ2) is 4.78. The molecule has 2 aromatic heterocycles. The fraction of sp³-hybridized carbons (Fsp3) is 0.250. The summed E-state index contributed by atoms with van der Waals surface area (Å²) in [5.74, 6) is -0.0174. The summed E-state index contributed by atoms with van der Waals surface area (Å²) in [6.07, 6.45) is 6.89. The van der Waals surface area contributed by atoms with Gasteiger partial charge >= 0.3 is 0 Å². The van der Waals surface area contributed by atoms with E-state index in [-0.39, 0.29) is 5.91 Å². The van der Waals surface area contributed by atoms with Crippen LogP contribution in [-0.2, 0) is 13.6 Å². The van der Waals surface area contributed by atoms with E-state index in [1.807, 2.05) is 13.2 Å². The fourth-order valence-electron chi connectivity index (χ4n) is 1.61. The number of hydrogen-bond acceptors (Lipinski definition) is 3. The Morgan fingerprint density at radius 3 is 2.71 bits per heavy atom. The number of aryl methyl sites for hydroxylation is 1. The Kier molecular flexibility index (Phi) is 3.18. The first-order chi connectivity index (χ1) is 8.16. The zero-order valence-electron chi connectivity index (χ0n) is 9.87. The first-order valence-corrected chi connectivity index (χ1v) is 5.30. The summed E-state index contributed by atoms with van der Waals surface area (Å²) in [4.78, 5) is 17.6. The molecule has 1 amide bonds. The molecule has 0 aliphatic rings. The van der Waals surface area contributed by atoms with Crippen LogP contribution in [0.5, 0.6) is 0 Å². The second-order valence-corrected chi connectivity index (χ2v) is 3.92. The van der Waals surface area contributed by atoms with E-state index in [2.05, 4.69) is 10.1 Å². The van der Waals surface area contributed by atoms with Crippen LogP contribution < -0.4 is 0 Å². The minimum Gasteiger partial charge on any atom is -0.337 e. The van der Waals surface area contributed by atoms with Crippen LogP contribution in [0.4, 0.5) is 0 Å². The Bertz CT molecular complexity index is 506. The minimum atomic E-state index is -0.0174. The number of nitrogens with zero attached hydrogens (tertiary/aromatic N) is 4. The van der Waals surface area contributed by atoms with Gasteiger partial charge in [0.2, 0.25) is 0 Å². The van der Waals surface area contributed by atoms with Crippen LogP contribution in [0.1, 0.15) is 15.9 Å². The smallest absolute Gasteiger partial charge is 0.254 e. The van der Waals surface area contributed by atoms with Crippen LogP contribution in [0, 0.1) is 0 Å². The molecule has 0 unspecified atom stereocenters. The molecule has 2 heterocycles. The highest BCUT2D eigenvalue weighted by atomic mass is 16.2. The summed E-state index contributed by atoms with van der Waals surface area (Å²) in [6, 6.07) is 3.42. The molecule has 5 heteroatoms. The molecule has 0 saturated carbocycles. The SMILES string of the molecule is CN(Cc1cnn(C)c1)C(=O)c1ccncc1. The average molecular weight is 230 g/mol. The Morgan fingerprint density at radius 1 is 1.41 bits per heavy atom. The van der Waals surface area contributed by atoms with Crippen molar-refractivity contribution in [2.75, 3.05) is 7.05 Å². The van der Waals surface area contributed by atoms with E-state index in [0.29, 0.717) is 12.1 Å². The lowest BCUT2D eigenvalue weighted by Crippen LogP contribution is -2.25. The lowest BCUT2D eigenvalue weighted by molar-refractivity contribution is 0.0785. The third-order valence-corrected chi connectivity index (χ3v) is 2.45. The van der Waals surface area contributed by atoms with E-state index in [9.17, 15) is 4.79 Å². The van der Waals surface area contributed by atoms with Crippen molar-refractivity contribution in [1.29, 1.82) is 0 Å². The van der Waals surface area contributed by atoms with Crippen molar-refractivity contribution in [1.82, 2.24) is 19.7 Å². The van der Waals surface area contributed by atoms with Crippen molar-refractivity contribution in [2.24, 2.45) is 7.05 Å². The Hall–Kier alpha value is -2.17. The number of pyridine rings is 1. The van der Waals surface area contributed by atoms with E-state index in [0.717, 1.165) is 5.56 Å². The molecule has 88 valence electrons. The third kappa shape index (κ3) is 2.69. The van der Waals surface area contributed by atoms with Gasteiger partial charge in [0, 0.05) is 50.4 Å². The molecule has 2 rings (SSSR count). The van der Waals surface area contributed by atoms with Crippen LogP contribution in [0.3, 0.4) is 0 Å². The standard InChI is InChI=1S/C12H14N4O/c1-15(8-10-7-14-16(2)9-10)12(17)11-3-5-13-6-4-11/h3-7,9H,8H2,1-2H3. The van der Waals surface area contributed by atoms with E-state index in [1.54, 1.807) is 47.4 Å². The first-order valence-electron chi connectivity index (χ1n) is 5.30. The summed E-state index contributed by atoms with van der Waals surface area (Å²) in [5.41, 5.74) is 1.66. The van der Waals surface area contributed by atoms with Gasteiger partial charge in [-0.2, -0.15) is 5.10 Å². The molecule has 0 saturated heterocycles. The molecule has 0 aromatic carbocycles. The maximum atomic E-state index is 12.0. The monoisotopic (exact) mass is 230 g/mol. The highest BCUT2D eigenvalue weighted by molar-refractivity contribution is 5.93. The van der Waals surface area contributed by atoms with Crippen LogP contribution in [0.2, 0.25) is 0 Å². The van der Waals surface area contributed by atoms with Crippen LogP contribution in [0.15, 0.2) is 36.9 Å². The number of hydrogen-bond donors (Lipinski definition) is 0. The third-order valence-electron chi connectivity index (χ3n) is 2.45. The van der Waals surface area contributed by atoms with E-state index >= 15 is 0 Å². The van der Waals surface area contributed by atoms with E-state index in [1.165, 1.54) is 0 Å². The summed E-state index contributed by atoms with van der Waals surface area (Å²) in [7, 11) is 3.63. The first kappa shape index (κ1) is 11.3. The van der Waals surface area contributed by atoms with Gasteiger partial charge < -0.3 is 4.90 Å². The normalized spacial score (nSPS) is 10.2. The van der Waals surface area contributed by atoms with E-state index in [4.69, 9.17) is 0 Å². The molecule has 0 bridgehead atoms. The van der Waals surface area contributed by atoms with Gasteiger partial charge in [0.25, 0.3) is 5.91 Å². The summed E-state index contributed by atoms with van der Waals surface area (Å²) >= 11 is 0. The quantitative estimate of drug-likeness (QED) is 0.793. The summed E-state index contributed by atoms with van der Waals surface area (Å²) in [6.45, 7) is 0.551. The predicted molar refractivity (Wildman–Crippen MR) is 63.2 cm³/mol. The molecule has 2 aromatic rings. The van der Waals surface area contributed by atoms with Gasteiger partial charge in [0.15, 0.2) is 0 Å². The second-order valence-electron chi connectivity index (χ2n) is 3.92. The highest BCUT2D eigenvalue weighted by Gasteiger charge is 2.12. The van der Waals surface area contributed by atoms with Gasteiger partial charge in [0.1, 0.15) is 0 Å². The molecule has 0 fully saturated rings. The van der Waals surface area contributed by atoms with Gasteiger partial charge in [-0.3, -0.25) is 14.5 Å². The number of rotatable bonds is 3. The zero-order chi connectivity index (χ0) is 12.3. The highest BCUT2D eigenvalue weighted by Crippen LogP contribution is 2.06. The molecule has 0 spiro atoms. The molecule has 0 N–H and O–H groups in total. The number of carbonyl (C=O) groups is 1. The number of aromatic nitrogens is 3. The lowest BCUT2D eigenvalue weighted by atomic mass is 10.2. The van der Waals surface area contributed by atoms with Gasteiger partial charge in [-0.25, -0.2) is 0 Å². The van der Waals surface area contributed by atoms with Crippen LogP contribution >= 0.6 is 0 Å². The molecule has 0 radical (unpaired) electrons. The molecule has 17 heavy (non-hydrogen) atoms. The Balaban J connectivity index is 2.06. The molecule has 0 aliphatic heterocycles. The summed E-state index contributed by atoms with van der Waals surface area (Å²) < 4.78 is 1.72. The van der Waals surface area contributed by atoms with Crippen LogP contribution in [0.25, 0.3) is 0 Å².